The van der Waals surface area contributed by atoms with E-state index in [9.17, 15) is 0 Å². The Balaban J connectivity index is 2.52. The molecule has 0 unspecified atom stereocenters. The van der Waals surface area contributed by atoms with Crippen LogP contribution in [-0.2, 0) is 13.5 Å². The molecule has 0 aliphatic carbocycles. The Hall–Kier alpha value is -1.09. The monoisotopic (exact) mass is 278 g/mol. The summed E-state index contributed by atoms with van der Waals surface area (Å²) in [7, 11) is 1.99. The highest BCUT2D eigenvalue weighted by atomic mass is 79.9. The predicted octanol–water partition coefficient (Wildman–Crippen LogP) is 3.72. The summed E-state index contributed by atoms with van der Waals surface area (Å²) in [6, 6.07) is 8.45. The summed E-state index contributed by atoms with van der Waals surface area (Å²) in [5, 5.41) is 4.55. The molecule has 0 bridgehead atoms. The molecular weight excluding hydrogens is 264 g/mol. The molecule has 0 aliphatic heterocycles. The lowest BCUT2D eigenvalue weighted by molar-refractivity contribution is 0.719. The third kappa shape index (κ3) is 1.92. The van der Waals surface area contributed by atoms with Crippen molar-refractivity contribution >= 4 is 15.9 Å². The molecule has 0 saturated heterocycles. The molecule has 2 rings (SSSR count). The van der Waals surface area contributed by atoms with E-state index < -0.39 is 0 Å². The lowest BCUT2D eigenvalue weighted by Crippen LogP contribution is -1.96. The van der Waals surface area contributed by atoms with Crippen molar-refractivity contribution in [3.05, 3.63) is 40.0 Å². The van der Waals surface area contributed by atoms with Crippen LogP contribution < -0.4 is 0 Å². The van der Waals surface area contributed by atoms with E-state index in [1.165, 1.54) is 11.3 Å². The van der Waals surface area contributed by atoms with Crippen molar-refractivity contribution in [2.45, 2.75) is 20.3 Å². The molecule has 84 valence electrons. The van der Waals surface area contributed by atoms with E-state index in [2.05, 4.69) is 59.1 Å². The molecule has 16 heavy (non-hydrogen) atoms. The van der Waals surface area contributed by atoms with E-state index in [-0.39, 0.29) is 0 Å². The van der Waals surface area contributed by atoms with E-state index in [1.807, 2.05) is 11.7 Å². The summed E-state index contributed by atoms with van der Waals surface area (Å²) in [6.07, 6.45) is 0.982. The summed E-state index contributed by atoms with van der Waals surface area (Å²) >= 11 is 3.63. The average molecular weight is 279 g/mol. The standard InChI is InChI=1S/C13H15BrN2/c1-4-11-12(14)13(15-16(11)3)10-7-5-9(2)6-8-10/h5-8H,4H2,1-3H3. The quantitative estimate of drug-likeness (QED) is 0.819. The summed E-state index contributed by atoms with van der Waals surface area (Å²) in [4.78, 5) is 0. The largest absolute Gasteiger partial charge is 0.271 e. The van der Waals surface area contributed by atoms with Crippen molar-refractivity contribution in [3.63, 3.8) is 0 Å². The third-order valence-corrected chi connectivity index (χ3v) is 3.60. The third-order valence-electron chi connectivity index (χ3n) is 2.76. The van der Waals surface area contributed by atoms with Crippen molar-refractivity contribution in [2.24, 2.45) is 7.05 Å². The Kier molecular flexibility index (Phi) is 3.15. The van der Waals surface area contributed by atoms with Gasteiger partial charge in [0.2, 0.25) is 0 Å². The van der Waals surface area contributed by atoms with Crippen LogP contribution in [-0.4, -0.2) is 9.78 Å². The molecule has 2 nitrogen and oxygen atoms in total. The van der Waals surface area contributed by atoms with Gasteiger partial charge in [-0.25, -0.2) is 0 Å². The van der Waals surface area contributed by atoms with Crippen molar-refractivity contribution in [1.29, 1.82) is 0 Å². The van der Waals surface area contributed by atoms with E-state index in [1.54, 1.807) is 0 Å². The van der Waals surface area contributed by atoms with Gasteiger partial charge in [0, 0.05) is 12.6 Å². The van der Waals surface area contributed by atoms with Crippen molar-refractivity contribution in [3.8, 4) is 11.3 Å². The lowest BCUT2D eigenvalue weighted by Gasteiger charge is -1.98. The van der Waals surface area contributed by atoms with Crippen LogP contribution in [0, 0.1) is 6.92 Å². The minimum absolute atomic E-state index is 0.982. The molecule has 1 aromatic carbocycles. The Morgan fingerprint density at radius 1 is 1.25 bits per heavy atom. The van der Waals surface area contributed by atoms with Gasteiger partial charge < -0.3 is 0 Å². The molecule has 0 amide bonds. The van der Waals surface area contributed by atoms with Crippen molar-refractivity contribution in [1.82, 2.24) is 9.78 Å². The minimum atomic E-state index is 0.982. The number of nitrogens with zero attached hydrogens (tertiary/aromatic N) is 2. The number of hydrogen-bond acceptors (Lipinski definition) is 1. The number of benzene rings is 1. The highest BCUT2D eigenvalue weighted by molar-refractivity contribution is 9.10. The first-order chi connectivity index (χ1) is 7.63. The zero-order valence-corrected chi connectivity index (χ0v) is 11.4. The van der Waals surface area contributed by atoms with Crippen molar-refractivity contribution in [2.75, 3.05) is 0 Å². The molecule has 2 aromatic rings. The van der Waals surface area contributed by atoms with E-state index in [0.29, 0.717) is 0 Å². The summed E-state index contributed by atoms with van der Waals surface area (Å²) in [5.74, 6) is 0. The van der Waals surface area contributed by atoms with Gasteiger partial charge in [-0.1, -0.05) is 36.8 Å². The van der Waals surface area contributed by atoms with Gasteiger partial charge >= 0.3 is 0 Å². The van der Waals surface area contributed by atoms with Gasteiger partial charge in [-0.2, -0.15) is 5.10 Å². The molecule has 0 radical (unpaired) electrons. The maximum absolute atomic E-state index is 4.55. The maximum atomic E-state index is 4.55. The number of aromatic nitrogens is 2. The van der Waals surface area contributed by atoms with Crippen molar-refractivity contribution < 1.29 is 0 Å². The first kappa shape index (κ1) is 11.4. The van der Waals surface area contributed by atoms with Crippen LogP contribution in [0.4, 0.5) is 0 Å². The second-order valence-corrected chi connectivity index (χ2v) is 4.75. The number of hydrogen-bond donors (Lipinski definition) is 0. The molecule has 1 heterocycles. The zero-order chi connectivity index (χ0) is 11.7. The van der Waals surface area contributed by atoms with Gasteiger partial charge in [-0.05, 0) is 29.3 Å². The topological polar surface area (TPSA) is 17.8 Å². The second-order valence-electron chi connectivity index (χ2n) is 3.95. The van der Waals surface area contributed by atoms with Gasteiger partial charge in [-0.15, -0.1) is 0 Å². The van der Waals surface area contributed by atoms with Crippen LogP contribution in [0.15, 0.2) is 28.7 Å². The lowest BCUT2D eigenvalue weighted by atomic mass is 10.1. The molecule has 0 aliphatic rings. The van der Waals surface area contributed by atoms with E-state index in [0.717, 1.165) is 22.2 Å². The Labute approximate surface area is 104 Å². The van der Waals surface area contributed by atoms with Crippen LogP contribution in [0.2, 0.25) is 0 Å². The van der Waals surface area contributed by atoms with Gasteiger partial charge in [0.1, 0.15) is 5.69 Å². The number of aryl methyl sites for hydroxylation is 2. The van der Waals surface area contributed by atoms with Crippen LogP contribution in [0.25, 0.3) is 11.3 Å². The molecule has 1 aromatic heterocycles. The summed E-state index contributed by atoms with van der Waals surface area (Å²) in [5.41, 5.74) is 4.69. The van der Waals surface area contributed by atoms with Crippen LogP contribution in [0.1, 0.15) is 18.2 Å². The molecule has 0 spiro atoms. The van der Waals surface area contributed by atoms with Crippen LogP contribution >= 0.6 is 15.9 Å². The fourth-order valence-corrected chi connectivity index (χ4v) is 2.66. The van der Waals surface area contributed by atoms with E-state index in [4.69, 9.17) is 0 Å². The highest BCUT2D eigenvalue weighted by Crippen LogP contribution is 2.30. The molecule has 0 N–H and O–H groups in total. The van der Waals surface area contributed by atoms with Gasteiger partial charge in [0.15, 0.2) is 0 Å². The molecule has 3 heteroatoms. The normalized spacial score (nSPS) is 10.8. The zero-order valence-electron chi connectivity index (χ0n) is 9.79. The molecule has 0 saturated carbocycles. The Morgan fingerprint density at radius 2 is 1.88 bits per heavy atom. The number of rotatable bonds is 2. The molecular formula is C13H15BrN2. The second kappa shape index (κ2) is 4.42. The minimum Gasteiger partial charge on any atom is -0.271 e. The first-order valence-corrected chi connectivity index (χ1v) is 6.21. The first-order valence-electron chi connectivity index (χ1n) is 5.42. The summed E-state index contributed by atoms with van der Waals surface area (Å²) < 4.78 is 3.06. The van der Waals surface area contributed by atoms with E-state index >= 15 is 0 Å². The Bertz CT molecular complexity index is 497. The highest BCUT2D eigenvalue weighted by Gasteiger charge is 2.13. The fraction of sp³-hybridized carbons (Fsp3) is 0.308. The molecule has 0 fully saturated rings. The van der Waals surface area contributed by atoms with Crippen LogP contribution in [0.5, 0.6) is 0 Å². The summed E-state index contributed by atoms with van der Waals surface area (Å²) in [6.45, 7) is 4.23. The smallest absolute Gasteiger partial charge is 0.107 e. The van der Waals surface area contributed by atoms with Gasteiger partial charge in [0.05, 0.1) is 10.2 Å². The van der Waals surface area contributed by atoms with Gasteiger partial charge in [-0.3, -0.25) is 4.68 Å². The van der Waals surface area contributed by atoms with Crippen LogP contribution in [0.3, 0.4) is 0 Å². The maximum Gasteiger partial charge on any atom is 0.107 e. The predicted molar refractivity (Wildman–Crippen MR) is 70.5 cm³/mol. The molecule has 0 atom stereocenters. The SMILES string of the molecule is CCc1c(Br)c(-c2ccc(C)cc2)nn1C. The Morgan fingerprint density at radius 3 is 2.38 bits per heavy atom. The van der Waals surface area contributed by atoms with Gasteiger partial charge in [0.25, 0.3) is 0 Å². The average Bonchev–Trinajstić information content (AvgIpc) is 2.55. The number of halogens is 1. The fourth-order valence-electron chi connectivity index (χ4n) is 1.81.